The molecule has 0 bridgehead atoms. The van der Waals surface area contributed by atoms with Gasteiger partial charge in [0.2, 0.25) is 12.0 Å². The van der Waals surface area contributed by atoms with Gasteiger partial charge < -0.3 is 20.0 Å². The van der Waals surface area contributed by atoms with Crippen LogP contribution in [0.4, 0.5) is 0 Å². The Morgan fingerprint density at radius 3 is 2.35 bits per heavy atom. The molecule has 2 aromatic carbocycles. The van der Waals surface area contributed by atoms with Crippen LogP contribution in [0.3, 0.4) is 0 Å². The van der Waals surface area contributed by atoms with Crippen LogP contribution in [0.15, 0.2) is 65.8 Å². The SMILES string of the molecule is CN1CCN(C(=O)[C@@H](Cc2ccccc2)NC(=O)[C@H]2CC(c3ccccc3)=NO2)CC1. The fourth-order valence-corrected chi connectivity index (χ4v) is 3.88. The predicted molar refractivity (Wildman–Crippen MR) is 119 cm³/mol. The highest BCUT2D eigenvalue weighted by molar-refractivity contribution is 6.04. The third kappa shape index (κ3) is 5.30. The minimum atomic E-state index is -0.728. The molecule has 7 nitrogen and oxygen atoms in total. The summed E-state index contributed by atoms with van der Waals surface area (Å²) in [4.78, 5) is 35.7. The molecule has 2 aromatic rings. The minimum Gasteiger partial charge on any atom is -0.382 e. The second-order valence-corrected chi connectivity index (χ2v) is 8.08. The maximum Gasteiger partial charge on any atom is 0.265 e. The van der Waals surface area contributed by atoms with E-state index in [4.69, 9.17) is 4.84 Å². The van der Waals surface area contributed by atoms with Crippen molar-refractivity contribution >= 4 is 17.5 Å². The molecule has 2 atom stereocenters. The normalized spacial score (nSPS) is 20.0. The standard InChI is InChI=1S/C24H28N4O3/c1-27-12-14-28(15-13-27)24(30)21(16-18-8-4-2-5-9-18)25-23(29)22-17-20(26-31-22)19-10-6-3-7-11-19/h2-11,21-22H,12-17H2,1H3,(H,25,29)/t21-,22-/m1/s1. The van der Waals surface area contributed by atoms with Crippen LogP contribution in [0.2, 0.25) is 0 Å². The molecule has 0 radical (unpaired) electrons. The number of nitrogens with one attached hydrogen (secondary N) is 1. The molecule has 2 aliphatic rings. The molecule has 0 aliphatic carbocycles. The summed E-state index contributed by atoms with van der Waals surface area (Å²) in [5.74, 6) is -0.356. The number of rotatable bonds is 6. The van der Waals surface area contributed by atoms with Gasteiger partial charge in [0, 0.05) is 39.0 Å². The van der Waals surface area contributed by atoms with Crippen molar-refractivity contribution in [3.05, 3.63) is 71.8 Å². The summed E-state index contributed by atoms with van der Waals surface area (Å²) in [5.41, 5.74) is 2.68. The number of hydrogen-bond donors (Lipinski definition) is 1. The fraction of sp³-hybridized carbons (Fsp3) is 0.375. The van der Waals surface area contributed by atoms with E-state index in [9.17, 15) is 9.59 Å². The third-order valence-electron chi connectivity index (χ3n) is 5.78. The molecule has 2 amide bonds. The number of carbonyl (C=O) groups is 2. The van der Waals surface area contributed by atoms with Crippen molar-refractivity contribution in [1.82, 2.24) is 15.1 Å². The average Bonchev–Trinajstić information content (AvgIpc) is 3.31. The first-order valence-electron chi connectivity index (χ1n) is 10.7. The lowest BCUT2D eigenvalue weighted by Crippen LogP contribution is -2.56. The summed E-state index contributed by atoms with van der Waals surface area (Å²) < 4.78 is 0. The summed E-state index contributed by atoms with van der Waals surface area (Å²) in [6.45, 7) is 2.99. The van der Waals surface area contributed by atoms with E-state index >= 15 is 0 Å². The van der Waals surface area contributed by atoms with E-state index in [1.165, 1.54) is 0 Å². The highest BCUT2D eigenvalue weighted by atomic mass is 16.6. The number of amides is 2. The molecule has 2 aliphatic heterocycles. The number of carbonyl (C=O) groups excluding carboxylic acids is 2. The molecule has 4 rings (SSSR count). The van der Waals surface area contributed by atoms with Crippen molar-refractivity contribution in [3.8, 4) is 0 Å². The first-order chi connectivity index (χ1) is 15.1. The lowest BCUT2D eigenvalue weighted by Gasteiger charge is -2.35. The summed E-state index contributed by atoms with van der Waals surface area (Å²) in [7, 11) is 2.05. The van der Waals surface area contributed by atoms with Crippen LogP contribution in [0.25, 0.3) is 0 Å². The average molecular weight is 421 g/mol. The largest absolute Gasteiger partial charge is 0.382 e. The van der Waals surface area contributed by atoms with Gasteiger partial charge in [0.1, 0.15) is 6.04 Å². The van der Waals surface area contributed by atoms with Crippen molar-refractivity contribution in [2.75, 3.05) is 33.2 Å². The number of hydrogen-bond acceptors (Lipinski definition) is 5. The topological polar surface area (TPSA) is 74.2 Å². The van der Waals surface area contributed by atoms with Crippen LogP contribution in [-0.2, 0) is 20.8 Å². The molecular formula is C24H28N4O3. The number of piperazine rings is 1. The molecule has 7 heteroatoms. The highest BCUT2D eigenvalue weighted by Crippen LogP contribution is 2.17. The van der Waals surface area contributed by atoms with Crippen LogP contribution < -0.4 is 5.32 Å². The van der Waals surface area contributed by atoms with Gasteiger partial charge >= 0.3 is 0 Å². The second kappa shape index (κ2) is 9.75. The smallest absolute Gasteiger partial charge is 0.265 e. The maximum absolute atomic E-state index is 13.3. The lowest BCUT2D eigenvalue weighted by atomic mass is 10.0. The Balaban J connectivity index is 1.43. The molecule has 1 N–H and O–H groups in total. The van der Waals surface area contributed by atoms with Crippen molar-refractivity contribution in [3.63, 3.8) is 0 Å². The van der Waals surface area contributed by atoms with E-state index < -0.39 is 12.1 Å². The van der Waals surface area contributed by atoms with Crippen molar-refractivity contribution in [2.24, 2.45) is 5.16 Å². The van der Waals surface area contributed by atoms with Gasteiger partial charge in [-0.05, 0) is 18.2 Å². The van der Waals surface area contributed by atoms with Gasteiger partial charge in [0.05, 0.1) is 5.71 Å². The molecule has 162 valence electrons. The van der Waals surface area contributed by atoms with Crippen molar-refractivity contribution in [2.45, 2.75) is 25.0 Å². The molecule has 1 fully saturated rings. The number of oxime groups is 1. The number of likely N-dealkylation sites (N-methyl/N-ethyl adjacent to an activating group) is 1. The Labute approximate surface area is 182 Å². The van der Waals surface area contributed by atoms with Gasteiger partial charge in [0.15, 0.2) is 0 Å². The Bertz CT molecular complexity index is 924. The van der Waals surface area contributed by atoms with Gasteiger partial charge in [-0.1, -0.05) is 65.8 Å². The van der Waals surface area contributed by atoms with E-state index in [2.05, 4.69) is 15.4 Å². The van der Waals surface area contributed by atoms with Crippen LogP contribution >= 0.6 is 0 Å². The molecule has 0 saturated carbocycles. The minimum absolute atomic E-state index is 0.0486. The number of nitrogens with zero attached hydrogens (tertiary/aromatic N) is 3. The fourth-order valence-electron chi connectivity index (χ4n) is 3.88. The van der Waals surface area contributed by atoms with Crippen LogP contribution in [0.5, 0.6) is 0 Å². The molecular weight excluding hydrogens is 392 g/mol. The van der Waals surface area contributed by atoms with Crippen molar-refractivity contribution < 1.29 is 14.4 Å². The quantitative estimate of drug-likeness (QED) is 0.772. The van der Waals surface area contributed by atoms with Gasteiger partial charge in [-0.25, -0.2) is 0 Å². The first kappa shape index (κ1) is 21.1. The van der Waals surface area contributed by atoms with Gasteiger partial charge in [0.25, 0.3) is 5.91 Å². The highest BCUT2D eigenvalue weighted by Gasteiger charge is 2.34. The van der Waals surface area contributed by atoms with Gasteiger partial charge in [-0.2, -0.15) is 0 Å². The Morgan fingerprint density at radius 2 is 1.68 bits per heavy atom. The summed E-state index contributed by atoms with van der Waals surface area (Å²) in [6.07, 6.45) is 0.0989. The maximum atomic E-state index is 13.3. The molecule has 31 heavy (non-hydrogen) atoms. The second-order valence-electron chi connectivity index (χ2n) is 8.08. The monoisotopic (exact) mass is 420 g/mol. The molecule has 2 heterocycles. The third-order valence-corrected chi connectivity index (χ3v) is 5.78. The van der Waals surface area contributed by atoms with Crippen molar-refractivity contribution in [1.29, 1.82) is 0 Å². The first-order valence-corrected chi connectivity index (χ1v) is 10.7. The Kier molecular flexibility index (Phi) is 6.62. The lowest BCUT2D eigenvalue weighted by molar-refractivity contribution is -0.140. The number of benzene rings is 2. The predicted octanol–water partition coefficient (Wildman–Crippen LogP) is 1.68. The van der Waals surface area contributed by atoms with E-state index in [0.29, 0.717) is 25.9 Å². The van der Waals surface area contributed by atoms with Gasteiger partial charge in [-0.15, -0.1) is 0 Å². The Hall–Kier alpha value is -3.19. The zero-order valence-corrected chi connectivity index (χ0v) is 17.7. The molecule has 0 unspecified atom stereocenters. The van der Waals surface area contributed by atoms with E-state index in [0.717, 1.165) is 29.9 Å². The van der Waals surface area contributed by atoms with Gasteiger partial charge in [-0.3, -0.25) is 9.59 Å². The molecule has 1 saturated heterocycles. The molecule has 0 aromatic heterocycles. The Morgan fingerprint density at radius 1 is 1.03 bits per heavy atom. The van der Waals surface area contributed by atoms with Crippen LogP contribution in [0, 0.1) is 0 Å². The molecule has 0 spiro atoms. The summed E-state index contributed by atoms with van der Waals surface area (Å²) in [5, 5.41) is 7.04. The zero-order valence-electron chi connectivity index (χ0n) is 17.7. The van der Waals surface area contributed by atoms with Crippen LogP contribution in [0.1, 0.15) is 17.5 Å². The summed E-state index contributed by atoms with van der Waals surface area (Å²) >= 11 is 0. The van der Waals surface area contributed by atoms with Crippen LogP contribution in [-0.4, -0.2) is 72.7 Å². The summed E-state index contributed by atoms with van der Waals surface area (Å²) in [6, 6.07) is 18.8. The van der Waals surface area contributed by atoms with E-state index in [-0.39, 0.29) is 11.8 Å². The van der Waals surface area contributed by atoms with E-state index in [1.54, 1.807) is 0 Å². The van der Waals surface area contributed by atoms with E-state index in [1.807, 2.05) is 72.6 Å². The zero-order chi connectivity index (χ0) is 21.6.